The molecule has 0 aromatic rings. The second-order valence-electron chi connectivity index (χ2n) is 9.29. The van der Waals surface area contributed by atoms with Gasteiger partial charge in [-0.3, -0.25) is 9.59 Å². The van der Waals surface area contributed by atoms with Gasteiger partial charge in [-0.15, -0.1) is 0 Å². The van der Waals surface area contributed by atoms with E-state index in [2.05, 4.69) is 17.6 Å². The molecular formula is C22H38N2O2. The van der Waals surface area contributed by atoms with Crippen LogP contribution in [0.25, 0.3) is 0 Å². The number of carbonyl (C=O) groups is 2. The van der Waals surface area contributed by atoms with Gasteiger partial charge in [0.05, 0.1) is 0 Å². The standard InChI is InChI=1S/C22H38N2O2/c1-16-7-11-20(12-8-16)24-22(26)18-9-13-19(14-10-18)23-21(25)15-17-5-3-2-4-6-17/h16-20H,2-15H2,1H3,(H,23,25)(H,24,26). The summed E-state index contributed by atoms with van der Waals surface area (Å²) in [5.74, 6) is 2.07. The summed E-state index contributed by atoms with van der Waals surface area (Å²) in [5, 5.41) is 6.53. The van der Waals surface area contributed by atoms with Gasteiger partial charge in [0, 0.05) is 24.4 Å². The van der Waals surface area contributed by atoms with Gasteiger partial charge in [0.2, 0.25) is 11.8 Å². The van der Waals surface area contributed by atoms with Gasteiger partial charge in [-0.25, -0.2) is 0 Å². The lowest BCUT2D eigenvalue weighted by atomic mass is 9.83. The van der Waals surface area contributed by atoms with Crippen molar-refractivity contribution in [2.45, 2.75) is 109 Å². The van der Waals surface area contributed by atoms with Crippen molar-refractivity contribution in [2.24, 2.45) is 17.8 Å². The van der Waals surface area contributed by atoms with Crippen LogP contribution < -0.4 is 10.6 Å². The molecule has 0 radical (unpaired) electrons. The van der Waals surface area contributed by atoms with E-state index in [1.165, 1.54) is 44.9 Å². The topological polar surface area (TPSA) is 58.2 Å². The van der Waals surface area contributed by atoms with Gasteiger partial charge in [-0.2, -0.15) is 0 Å². The first-order valence-corrected chi connectivity index (χ1v) is 11.2. The summed E-state index contributed by atoms with van der Waals surface area (Å²) in [4.78, 5) is 24.8. The molecule has 0 saturated heterocycles. The predicted molar refractivity (Wildman–Crippen MR) is 105 cm³/mol. The van der Waals surface area contributed by atoms with E-state index in [-0.39, 0.29) is 23.8 Å². The van der Waals surface area contributed by atoms with Crippen LogP contribution in [0.2, 0.25) is 0 Å². The molecular weight excluding hydrogens is 324 g/mol. The van der Waals surface area contributed by atoms with E-state index in [1.807, 2.05) is 0 Å². The highest BCUT2D eigenvalue weighted by molar-refractivity contribution is 5.79. The molecule has 3 saturated carbocycles. The lowest BCUT2D eigenvalue weighted by molar-refractivity contribution is -0.127. The molecule has 2 amide bonds. The summed E-state index contributed by atoms with van der Waals surface area (Å²) in [6.45, 7) is 2.31. The van der Waals surface area contributed by atoms with E-state index in [9.17, 15) is 9.59 Å². The van der Waals surface area contributed by atoms with Crippen LogP contribution in [0.1, 0.15) is 96.8 Å². The molecule has 148 valence electrons. The molecule has 0 unspecified atom stereocenters. The Morgan fingerprint density at radius 2 is 1.31 bits per heavy atom. The lowest BCUT2D eigenvalue weighted by Crippen LogP contribution is -2.44. The van der Waals surface area contributed by atoms with Gasteiger partial charge in [-0.05, 0) is 76.0 Å². The SMILES string of the molecule is CC1CCC(NC(=O)C2CCC(NC(=O)CC3CCCCC3)CC2)CC1. The Bertz CT molecular complexity index is 457. The fourth-order valence-corrected chi connectivity index (χ4v) is 5.16. The normalized spacial score (nSPS) is 33.4. The second kappa shape index (κ2) is 9.75. The lowest BCUT2D eigenvalue weighted by Gasteiger charge is -2.32. The molecule has 0 aromatic heterocycles. The zero-order valence-corrected chi connectivity index (χ0v) is 16.6. The number of amides is 2. The van der Waals surface area contributed by atoms with Crippen molar-refractivity contribution >= 4 is 11.8 Å². The third-order valence-corrected chi connectivity index (χ3v) is 7.02. The predicted octanol–water partition coefficient (Wildman–Crippen LogP) is 4.33. The van der Waals surface area contributed by atoms with E-state index in [4.69, 9.17) is 0 Å². The Morgan fingerprint density at radius 3 is 1.96 bits per heavy atom. The third kappa shape index (κ3) is 5.99. The molecule has 0 heterocycles. The van der Waals surface area contributed by atoms with Crippen molar-refractivity contribution in [3.8, 4) is 0 Å². The average Bonchev–Trinajstić information content (AvgIpc) is 2.65. The van der Waals surface area contributed by atoms with Crippen LogP contribution in [0.15, 0.2) is 0 Å². The summed E-state index contributed by atoms with van der Waals surface area (Å²) in [7, 11) is 0. The Kier molecular flexibility index (Phi) is 7.39. The average molecular weight is 363 g/mol. The van der Waals surface area contributed by atoms with Gasteiger partial charge < -0.3 is 10.6 Å². The van der Waals surface area contributed by atoms with Gasteiger partial charge in [0.15, 0.2) is 0 Å². The highest BCUT2D eigenvalue weighted by Gasteiger charge is 2.29. The van der Waals surface area contributed by atoms with E-state index >= 15 is 0 Å². The van der Waals surface area contributed by atoms with E-state index in [1.54, 1.807) is 0 Å². The summed E-state index contributed by atoms with van der Waals surface area (Å²) in [5.41, 5.74) is 0. The summed E-state index contributed by atoms with van der Waals surface area (Å²) in [6, 6.07) is 0.678. The number of hydrogen-bond acceptors (Lipinski definition) is 2. The zero-order chi connectivity index (χ0) is 18.4. The van der Waals surface area contributed by atoms with Crippen molar-refractivity contribution < 1.29 is 9.59 Å². The van der Waals surface area contributed by atoms with Crippen LogP contribution in [0.3, 0.4) is 0 Å². The first kappa shape index (κ1) is 19.7. The number of carbonyl (C=O) groups excluding carboxylic acids is 2. The van der Waals surface area contributed by atoms with E-state index in [0.29, 0.717) is 18.4 Å². The molecule has 0 bridgehead atoms. The van der Waals surface area contributed by atoms with Crippen LogP contribution in [0, 0.1) is 17.8 Å². The van der Waals surface area contributed by atoms with Gasteiger partial charge in [-0.1, -0.05) is 26.2 Å². The van der Waals surface area contributed by atoms with Crippen molar-refractivity contribution in [3.05, 3.63) is 0 Å². The monoisotopic (exact) mass is 362 g/mol. The van der Waals surface area contributed by atoms with E-state index in [0.717, 1.165) is 44.4 Å². The molecule has 0 aromatic carbocycles. The van der Waals surface area contributed by atoms with Crippen molar-refractivity contribution in [1.29, 1.82) is 0 Å². The van der Waals surface area contributed by atoms with Crippen molar-refractivity contribution in [2.75, 3.05) is 0 Å². The Balaban J connectivity index is 1.33. The van der Waals surface area contributed by atoms with Gasteiger partial charge in [0.1, 0.15) is 0 Å². The molecule has 2 N–H and O–H groups in total. The molecule has 3 aliphatic rings. The molecule has 0 atom stereocenters. The smallest absolute Gasteiger partial charge is 0.223 e. The Morgan fingerprint density at radius 1 is 0.731 bits per heavy atom. The number of hydrogen-bond donors (Lipinski definition) is 2. The first-order chi connectivity index (χ1) is 12.6. The molecule has 3 rings (SSSR count). The van der Waals surface area contributed by atoms with Crippen LogP contribution in [0.5, 0.6) is 0 Å². The quantitative estimate of drug-likeness (QED) is 0.765. The maximum atomic E-state index is 12.5. The minimum Gasteiger partial charge on any atom is -0.353 e. The maximum absolute atomic E-state index is 12.5. The zero-order valence-electron chi connectivity index (χ0n) is 16.6. The molecule has 3 fully saturated rings. The van der Waals surface area contributed by atoms with Crippen LogP contribution >= 0.6 is 0 Å². The Hall–Kier alpha value is -1.06. The molecule has 26 heavy (non-hydrogen) atoms. The summed E-state index contributed by atoms with van der Waals surface area (Å²) in [6.07, 6.45) is 15.6. The van der Waals surface area contributed by atoms with Crippen LogP contribution in [-0.2, 0) is 9.59 Å². The van der Waals surface area contributed by atoms with Crippen LogP contribution in [0.4, 0.5) is 0 Å². The number of nitrogens with one attached hydrogen (secondary N) is 2. The summed E-state index contributed by atoms with van der Waals surface area (Å²) < 4.78 is 0. The third-order valence-electron chi connectivity index (χ3n) is 7.02. The summed E-state index contributed by atoms with van der Waals surface area (Å²) >= 11 is 0. The Labute approximate surface area is 159 Å². The van der Waals surface area contributed by atoms with Gasteiger partial charge >= 0.3 is 0 Å². The molecule has 3 aliphatic carbocycles. The maximum Gasteiger partial charge on any atom is 0.223 e. The van der Waals surface area contributed by atoms with Crippen molar-refractivity contribution in [1.82, 2.24) is 10.6 Å². The van der Waals surface area contributed by atoms with Crippen LogP contribution in [-0.4, -0.2) is 23.9 Å². The highest BCUT2D eigenvalue weighted by atomic mass is 16.2. The minimum atomic E-state index is 0.154. The fraction of sp³-hybridized carbons (Fsp3) is 0.909. The molecule has 4 heteroatoms. The largest absolute Gasteiger partial charge is 0.353 e. The first-order valence-electron chi connectivity index (χ1n) is 11.2. The number of rotatable bonds is 5. The highest BCUT2D eigenvalue weighted by Crippen LogP contribution is 2.29. The van der Waals surface area contributed by atoms with E-state index < -0.39 is 0 Å². The molecule has 0 spiro atoms. The second-order valence-corrected chi connectivity index (χ2v) is 9.29. The van der Waals surface area contributed by atoms with Crippen molar-refractivity contribution in [3.63, 3.8) is 0 Å². The molecule has 0 aliphatic heterocycles. The van der Waals surface area contributed by atoms with Gasteiger partial charge in [0.25, 0.3) is 0 Å². The molecule has 4 nitrogen and oxygen atoms in total. The minimum absolute atomic E-state index is 0.154. The fourth-order valence-electron chi connectivity index (χ4n) is 5.16.